The van der Waals surface area contributed by atoms with Gasteiger partial charge in [-0.15, -0.1) is 0 Å². The van der Waals surface area contributed by atoms with Crippen LogP contribution in [0.3, 0.4) is 0 Å². The molecule has 0 radical (unpaired) electrons. The lowest BCUT2D eigenvalue weighted by Crippen LogP contribution is -2.22. The molecule has 1 aromatic carbocycles. The smallest absolute Gasteiger partial charge is 0.124 e. The van der Waals surface area contributed by atoms with Gasteiger partial charge in [0, 0.05) is 24.4 Å². The average molecular weight is 273 g/mol. The largest absolute Gasteiger partial charge is 0.493 e. The van der Waals surface area contributed by atoms with Gasteiger partial charge in [-0.2, -0.15) is 5.10 Å². The Hall–Kier alpha value is -1.81. The number of rotatable bonds is 7. The predicted molar refractivity (Wildman–Crippen MR) is 81.0 cm³/mol. The van der Waals surface area contributed by atoms with Gasteiger partial charge in [-0.3, -0.25) is 4.68 Å². The van der Waals surface area contributed by atoms with Crippen molar-refractivity contribution >= 4 is 0 Å². The summed E-state index contributed by atoms with van der Waals surface area (Å²) in [5.74, 6) is 0.948. The van der Waals surface area contributed by atoms with E-state index in [0.29, 0.717) is 0 Å². The first-order valence-electron chi connectivity index (χ1n) is 7.19. The van der Waals surface area contributed by atoms with Crippen LogP contribution in [0, 0.1) is 0 Å². The molecule has 1 atom stereocenters. The highest BCUT2D eigenvalue weighted by molar-refractivity contribution is 5.40. The fourth-order valence-electron chi connectivity index (χ4n) is 2.26. The van der Waals surface area contributed by atoms with Crippen molar-refractivity contribution in [2.45, 2.75) is 26.3 Å². The number of nitrogens with zero attached hydrogens (tertiary/aromatic N) is 2. The van der Waals surface area contributed by atoms with Crippen LogP contribution in [0.2, 0.25) is 0 Å². The van der Waals surface area contributed by atoms with Gasteiger partial charge in [0.2, 0.25) is 0 Å². The first-order valence-corrected chi connectivity index (χ1v) is 7.19. The van der Waals surface area contributed by atoms with Gasteiger partial charge in [0.25, 0.3) is 0 Å². The minimum absolute atomic E-state index is 0.113. The summed E-state index contributed by atoms with van der Waals surface area (Å²) in [6.45, 7) is 5.86. The van der Waals surface area contributed by atoms with E-state index in [4.69, 9.17) is 4.74 Å². The Kier molecular flexibility index (Phi) is 5.18. The molecule has 1 unspecified atom stereocenters. The highest BCUT2D eigenvalue weighted by Gasteiger charge is 2.18. The van der Waals surface area contributed by atoms with Gasteiger partial charge < -0.3 is 10.1 Å². The van der Waals surface area contributed by atoms with E-state index < -0.39 is 0 Å². The maximum atomic E-state index is 5.87. The SMILES string of the molecule is CCCOc1ccccc1C(NCC)c1cnn(C)c1. The lowest BCUT2D eigenvalue weighted by Gasteiger charge is -2.20. The fraction of sp³-hybridized carbons (Fsp3) is 0.438. The van der Waals surface area contributed by atoms with Crippen molar-refractivity contribution in [3.05, 3.63) is 47.8 Å². The Morgan fingerprint density at radius 2 is 2.10 bits per heavy atom. The molecule has 2 aromatic rings. The van der Waals surface area contributed by atoms with Crippen LogP contribution in [0.25, 0.3) is 0 Å². The van der Waals surface area contributed by atoms with Crippen LogP contribution >= 0.6 is 0 Å². The summed E-state index contributed by atoms with van der Waals surface area (Å²) in [7, 11) is 1.94. The van der Waals surface area contributed by atoms with E-state index in [1.807, 2.05) is 36.3 Å². The van der Waals surface area contributed by atoms with Crippen LogP contribution in [0.5, 0.6) is 5.75 Å². The standard InChI is InChI=1S/C16H23N3O/c1-4-10-20-15-9-7-6-8-14(15)16(17-5-2)13-11-18-19(3)12-13/h6-9,11-12,16-17H,4-5,10H2,1-3H3. The van der Waals surface area contributed by atoms with Gasteiger partial charge in [0.1, 0.15) is 5.75 Å². The number of nitrogens with one attached hydrogen (secondary N) is 1. The summed E-state index contributed by atoms with van der Waals surface area (Å²) < 4.78 is 7.70. The van der Waals surface area contributed by atoms with E-state index in [-0.39, 0.29) is 6.04 Å². The van der Waals surface area contributed by atoms with E-state index in [9.17, 15) is 0 Å². The summed E-state index contributed by atoms with van der Waals surface area (Å²) >= 11 is 0. The molecule has 0 aliphatic heterocycles. The van der Waals surface area contributed by atoms with E-state index in [2.05, 4.69) is 36.4 Å². The predicted octanol–water partition coefficient (Wildman–Crippen LogP) is 2.91. The molecule has 20 heavy (non-hydrogen) atoms. The Bertz CT molecular complexity index is 536. The average Bonchev–Trinajstić information content (AvgIpc) is 2.89. The first-order chi connectivity index (χ1) is 9.76. The van der Waals surface area contributed by atoms with Crippen molar-refractivity contribution in [1.29, 1.82) is 0 Å². The van der Waals surface area contributed by atoms with E-state index >= 15 is 0 Å². The third-order valence-corrected chi connectivity index (χ3v) is 3.16. The zero-order valence-electron chi connectivity index (χ0n) is 12.5. The number of benzene rings is 1. The second-order valence-corrected chi connectivity index (χ2v) is 4.82. The minimum Gasteiger partial charge on any atom is -0.493 e. The molecular formula is C16H23N3O. The molecule has 0 fully saturated rings. The molecule has 0 saturated carbocycles. The highest BCUT2D eigenvalue weighted by atomic mass is 16.5. The lowest BCUT2D eigenvalue weighted by molar-refractivity contribution is 0.312. The van der Waals surface area contributed by atoms with Gasteiger partial charge in [-0.05, 0) is 19.0 Å². The van der Waals surface area contributed by atoms with Crippen molar-refractivity contribution in [1.82, 2.24) is 15.1 Å². The monoisotopic (exact) mass is 273 g/mol. The Labute approximate surface area is 120 Å². The maximum Gasteiger partial charge on any atom is 0.124 e. The second kappa shape index (κ2) is 7.10. The Morgan fingerprint density at radius 1 is 1.30 bits per heavy atom. The van der Waals surface area contributed by atoms with Gasteiger partial charge in [-0.1, -0.05) is 32.0 Å². The van der Waals surface area contributed by atoms with Gasteiger partial charge in [0.05, 0.1) is 18.8 Å². The number of para-hydroxylation sites is 1. The van der Waals surface area contributed by atoms with Crippen LogP contribution in [-0.2, 0) is 7.05 Å². The third kappa shape index (κ3) is 3.39. The van der Waals surface area contributed by atoms with Crippen LogP contribution in [-0.4, -0.2) is 22.9 Å². The minimum atomic E-state index is 0.113. The van der Waals surface area contributed by atoms with E-state index in [1.165, 1.54) is 0 Å². The first kappa shape index (κ1) is 14.6. The lowest BCUT2D eigenvalue weighted by atomic mass is 10.0. The van der Waals surface area contributed by atoms with E-state index in [1.54, 1.807) is 0 Å². The van der Waals surface area contributed by atoms with Crippen molar-refractivity contribution in [3.8, 4) is 5.75 Å². The van der Waals surface area contributed by atoms with Gasteiger partial charge >= 0.3 is 0 Å². The van der Waals surface area contributed by atoms with Crippen LogP contribution in [0.1, 0.15) is 37.4 Å². The van der Waals surface area contributed by atoms with Gasteiger partial charge in [0.15, 0.2) is 0 Å². The molecule has 0 spiro atoms. The zero-order valence-corrected chi connectivity index (χ0v) is 12.5. The summed E-state index contributed by atoms with van der Waals surface area (Å²) in [4.78, 5) is 0. The molecule has 0 bridgehead atoms. The molecule has 108 valence electrons. The molecule has 4 nitrogen and oxygen atoms in total. The van der Waals surface area contributed by atoms with Crippen LogP contribution in [0.15, 0.2) is 36.7 Å². The molecule has 0 aliphatic carbocycles. The maximum absolute atomic E-state index is 5.87. The number of aromatic nitrogens is 2. The molecule has 2 rings (SSSR count). The van der Waals surface area contributed by atoms with Crippen molar-refractivity contribution < 1.29 is 4.74 Å². The molecule has 1 N–H and O–H groups in total. The number of hydrogen-bond acceptors (Lipinski definition) is 3. The number of aryl methyl sites for hydroxylation is 1. The molecule has 0 amide bonds. The second-order valence-electron chi connectivity index (χ2n) is 4.82. The molecule has 0 saturated heterocycles. The highest BCUT2D eigenvalue weighted by Crippen LogP contribution is 2.29. The van der Waals surface area contributed by atoms with Crippen molar-refractivity contribution in [2.75, 3.05) is 13.2 Å². The quantitative estimate of drug-likeness (QED) is 0.843. The summed E-state index contributed by atoms with van der Waals surface area (Å²) in [6, 6.07) is 8.33. The normalized spacial score (nSPS) is 12.3. The summed E-state index contributed by atoms with van der Waals surface area (Å²) in [5.41, 5.74) is 2.32. The number of ether oxygens (including phenoxy) is 1. The molecule has 0 aliphatic rings. The molecule has 1 heterocycles. The van der Waals surface area contributed by atoms with Crippen LogP contribution in [0.4, 0.5) is 0 Å². The Balaban J connectivity index is 2.33. The van der Waals surface area contributed by atoms with E-state index in [0.717, 1.165) is 36.4 Å². The van der Waals surface area contributed by atoms with Crippen molar-refractivity contribution in [3.63, 3.8) is 0 Å². The number of hydrogen-bond donors (Lipinski definition) is 1. The third-order valence-electron chi connectivity index (χ3n) is 3.16. The summed E-state index contributed by atoms with van der Waals surface area (Å²) in [6.07, 6.45) is 4.96. The van der Waals surface area contributed by atoms with Crippen molar-refractivity contribution in [2.24, 2.45) is 7.05 Å². The molecular weight excluding hydrogens is 250 g/mol. The molecule has 1 aromatic heterocycles. The van der Waals surface area contributed by atoms with Crippen LogP contribution < -0.4 is 10.1 Å². The van der Waals surface area contributed by atoms with Gasteiger partial charge in [-0.25, -0.2) is 0 Å². The Morgan fingerprint density at radius 3 is 2.75 bits per heavy atom. The molecule has 4 heteroatoms. The zero-order chi connectivity index (χ0) is 14.4. The summed E-state index contributed by atoms with van der Waals surface area (Å²) in [5, 5.41) is 7.78. The topological polar surface area (TPSA) is 39.1 Å². The fourth-order valence-corrected chi connectivity index (χ4v) is 2.26.